The Kier molecular flexibility index (Phi) is 3.85. The molecular formula is C14H12N4O5. The number of fused-ring (bicyclic) bond motifs is 1. The lowest BCUT2D eigenvalue weighted by molar-refractivity contribution is -0.137. The molecule has 0 atom stereocenters. The highest BCUT2D eigenvalue weighted by Crippen LogP contribution is 2.23. The fourth-order valence-corrected chi connectivity index (χ4v) is 2.14. The summed E-state index contributed by atoms with van der Waals surface area (Å²) >= 11 is 0. The van der Waals surface area contributed by atoms with Crippen molar-refractivity contribution in [3.05, 3.63) is 47.3 Å². The third kappa shape index (κ3) is 2.94. The number of carboxylic acid groups (broad SMARTS) is 1. The van der Waals surface area contributed by atoms with E-state index in [1.54, 1.807) is 24.3 Å². The zero-order valence-corrected chi connectivity index (χ0v) is 11.9. The fourth-order valence-electron chi connectivity index (χ4n) is 2.14. The van der Waals surface area contributed by atoms with Crippen LogP contribution in [-0.2, 0) is 22.8 Å². The molecule has 0 spiro atoms. The summed E-state index contributed by atoms with van der Waals surface area (Å²) in [7, 11) is 0. The SMILES string of the molecule is O=C(O)CCn1cc(CON2C(=O)c3ccccc3C2=O)nn1. The smallest absolute Gasteiger partial charge is 0.305 e. The quantitative estimate of drug-likeness (QED) is 0.771. The minimum absolute atomic E-state index is 0.0813. The predicted molar refractivity (Wildman–Crippen MR) is 74.0 cm³/mol. The normalized spacial score (nSPS) is 13.5. The molecule has 0 bridgehead atoms. The van der Waals surface area contributed by atoms with Crippen molar-refractivity contribution in [2.45, 2.75) is 19.6 Å². The molecule has 0 saturated heterocycles. The molecule has 2 heterocycles. The van der Waals surface area contributed by atoms with Crippen molar-refractivity contribution in [2.24, 2.45) is 0 Å². The van der Waals surface area contributed by atoms with Gasteiger partial charge < -0.3 is 5.11 Å². The van der Waals surface area contributed by atoms with Crippen LogP contribution in [-0.4, -0.2) is 42.9 Å². The molecular weight excluding hydrogens is 304 g/mol. The van der Waals surface area contributed by atoms with Crippen LogP contribution in [0.2, 0.25) is 0 Å². The standard InChI is InChI=1S/C14H12N4O5/c19-12(20)5-6-17-7-9(15-16-17)8-23-18-13(21)10-3-1-2-4-11(10)14(18)22/h1-4,7H,5-6,8H2,(H,19,20). The number of hydrogen-bond acceptors (Lipinski definition) is 6. The number of hydrogen-bond donors (Lipinski definition) is 1. The zero-order valence-electron chi connectivity index (χ0n) is 11.9. The number of amides is 2. The van der Waals surface area contributed by atoms with Crippen LogP contribution in [0.5, 0.6) is 0 Å². The maximum Gasteiger partial charge on any atom is 0.305 e. The van der Waals surface area contributed by atoms with E-state index in [0.29, 0.717) is 21.9 Å². The van der Waals surface area contributed by atoms with Gasteiger partial charge >= 0.3 is 5.97 Å². The number of imide groups is 1. The molecule has 3 rings (SSSR count). The van der Waals surface area contributed by atoms with Crippen LogP contribution in [0.15, 0.2) is 30.5 Å². The van der Waals surface area contributed by atoms with Gasteiger partial charge in [-0.1, -0.05) is 17.3 Å². The molecule has 1 N–H and O–H groups in total. The van der Waals surface area contributed by atoms with Gasteiger partial charge in [-0.2, -0.15) is 0 Å². The summed E-state index contributed by atoms with van der Waals surface area (Å²) in [5.41, 5.74) is 0.970. The van der Waals surface area contributed by atoms with Crippen LogP contribution in [0.3, 0.4) is 0 Å². The van der Waals surface area contributed by atoms with E-state index in [1.165, 1.54) is 10.9 Å². The van der Waals surface area contributed by atoms with Crippen molar-refractivity contribution in [3.63, 3.8) is 0 Å². The second-order valence-corrected chi connectivity index (χ2v) is 4.84. The lowest BCUT2D eigenvalue weighted by atomic mass is 10.1. The second-order valence-electron chi connectivity index (χ2n) is 4.84. The Morgan fingerprint density at radius 2 is 1.83 bits per heavy atom. The van der Waals surface area contributed by atoms with Crippen molar-refractivity contribution in [1.29, 1.82) is 0 Å². The van der Waals surface area contributed by atoms with Crippen LogP contribution in [0.4, 0.5) is 0 Å². The minimum Gasteiger partial charge on any atom is -0.481 e. The molecule has 0 saturated carbocycles. The van der Waals surface area contributed by atoms with Crippen LogP contribution in [0.1, 0.15) is 32.8 Å². The average molecular weight is 316 g/mol. The Labute approximate surface area is 130 Å². The highest BCUT2D eigenvalue weighted by Gasteiger charge is 2.36. The average Bonchev–Trinajstić information content (AvgIpc) is 3.09. The number of aryl methyl sites for hydroxylation is 1. The molecule has 0 radical (unpaired) electrons. The van der Waals surface area contributed by atoms with Gasteiger partial charge in [0.1, 0.15) is 12.3 Å². The predicted octanol–water partition coefficient (Wildman–Crippen LogP) is 0.481. The molecule has 9 heteroatoms. The first kappa shape index (κ1) is 14.9. The summed E-state index contributed by atoms with van der Waals surface area (Å²) in [5, 5.41) is 16.8. The Hall–Kier alpha value is -3.07. The summed E-state index contributed by atoms with van der Waals surface area (Å²) < 4.78 is 1.36. The Morgan fingerprint density at radius 1 is 1.17 bits per heavy atom. The largest absolute Gasteiger partial charge is 0.481 e. The first-order valence-electron chi connectivity index (χ1n) is 6.78. The van der Waals surface area contributed by atoms with Gasteiger partial charge in [-0.15, -0.1) is 10.2 Å². The number of carbonyl (C=O) groups is 3. The van der Waals surface area contributed by atoms with Crippen molar-refractivity contribution in [3.8, 4) is 0 Å². The van der Waals surface area contributed by atoms with E-state index < -0.39 is 17.8 Å². The molecule has 0 unspecified atom stereocenters. The first-order chi connectivity index (χ1) is 11.1. The van der Waals surface area contributed by atoms with Gasteiger partial charge in [-0.25, -0.2) is 0 Å². The van der Waals surface area contributed by atoms with Gasteiger partial charge in [-0.05, 0) is 12.1 Å². The first-order valence-corrected chi connectivity index (χ1v) is 6.78. The van der Waals surface area contributed by atoms with Gasteiger partial charge in [0, 0.05) is 0 Å². The number of carbonyl (C=O) groups excluding carboxylic acids is 2. The molecule has 2 aromatic rings. The molecule has 0 fully saturated rings. The molecule has 1 aliphatic heterocycles. The highest BCUT2D eigenvalue weighted by molar-refractivity contribution is 6.20. The topological polar surface area (TPSA) is 115 Å². The van der Waals surface area contributed by atoms with Crippen LogP contribution < -0.4 is 0 Å². The summed E-state index contributed by atoms with van der Waals surface area (Å²) in [5.74, 6) is -1.99. The third-order valence-corrected chi connectivity index (χ3v) is 3.24. The Morgan fingerprint density at radius 3 is 2.43 bits per heavy atom. The van der Waals surface area contributed by atoms with Gasteiger partial charge in [0.15, 0.2) is 0 Å². The second kappa shape index (κ2) is 5.97. The number of rotatable bonds is 6. The van der Waals surface area contributed by atoms with Gasteiger partial charge in [0.2, 0.25) is 0 Å². The van der Waals surface area contributed by atoms with Crippen LogP contribution in [0.25, 0.3) is 0 Å². The molecule has 1 aromatic carbocycles. The van der Waals surface area contributed by atoms with Gasteiger partial charge in [-0.3, -0.25) is 23.9 Å². The summed E-state index contributed by atoms with van der Waals surface area (Å²) in [6.45, 7) is 0.0495. The van der Waals surface area contributed by atoms with E-state index in [-0.39, 0.29) is 19.6 Å². The number of aromatic nitrogens is 3. The lowest BCUT2D eigenvalue weighted by Gasteiger charge is -2.11. The number of nitrogens with zero attached hydrogens (tertiary/aromatic N) is 4. The van der Waals surface area contributed by atoms with Gasteiger partial charge in [0.25, 0.3) is 11.8 Å². The molecule has 9 nitrogen and oxygen atoms in total. The summed E-state index contributed by atoms with van der Waals surface area (Å²) in [6, 6.07) is 6.45. The number of benzene rings is 1. The Balaban J connectivity index is 1.62. The lowest BCUT2D eigenvalue weighted by Crippen LogP contribution is -2.29. The Bertz CT molecular complexity index is 750. The van der Waals surface area contributed by atoms with E-state index in [0.717, 1.165) is 0 Å². The number of aliphatic carboxylic acids is 1. The molecule has 118 valence electrons. The molecule has 0 aliphatic carbocycles. The third-order valence-electron chi connectivity index (χ3n) is 3.24. The van der Waals surface area contributed by atoms with Crippen molar-refractivity contribution >= 4 is 17.8 Å². The minimum atomic E-state index is -0.940. The molecule has 2 amide bonds. The zero-order chi connectivity index (χ0) is 16.4. The van der Waals surface area contributed by atoms with E-state index in [1.807, 2.05) is 0 Å². The number of hydroxylamine groups is 2. The molecule has 23 heavy (non-hydrogen) atoms. The van der Waals surface area contributed by atoms with E-state index >= 15 is 0 Å². The van der Waals surface area contributed by atoms with E-state index in [9.17, 15) is 14.4 Å². The summed E-state index contributed by atoms with van der Waals surface area (Å²) in [6.07, 6.45) is 1.42. The van der Waals surface area contributed by atoms with E-state index in [2.05, 4.69) is 10.3 Å². The molecule has 1 aromatic heterocycles. The summed E-state index contributed by atoms with van der Waals surface area (Å²) in [4.78, 5) is 39.9. The van der Waals surface area contributed by atoms with Crippen molar-refractivity contribution < 1.29 is 24.3 Å². The van der Waals surface area contributed by atoms with Crippen molar-refractivity contribution in [1.82, 2.24) is 20.1 Å². The monoisotopic (exact) mass is 316 g/mol. The van der Waals surface area contributed by atoms with E-state index in [4.69, 9.17) is 9.94 Å². The van der Waals surface area contributed by atoms with Gasteiger partial charge in [0.05, 0.1) is 30.3 Å². The van der Waals surface area contributed by atoms with Crippen LogP contribution in [0, 0.1) is 0 Å². The molecule has 1 aliphatic rings. The maximum absolute atomic E-state index is 12.1. The van der Waals surface area contributed by atoms with Crippen molar-refractivity contribution in [2.75, 3.05) is 0 Å². The van der Waals surface area contributed by atoms with Crippen LogP contribution >= 0.6 is 0 Å². The highest BCUT2D eigenvalue weighted by atomic mass is 16.7. The fraction of sp³-hybridized carbons (Fsp3) is 0.214. The maximum atomic E-state index is 12.1. The number of carboxylic acids is 1.